The summed E-state index contributed by atoms with van der Waals surface area (Å²) in [5, 5.41) is 1.84. The molecular formula is C11H11ClN2. The molecule has 72 valence electrons. The van der Waals surface area contributed by atoms with Crippen molar-refractivity contribution in [2.24, 2.45) is 0 Å². The number of rotatable bonds is 1. The van der Waals surface area contributed by atoms with Crippen molar-refractivity contribution in [3.8, 4) is 0 Å². The zero-order valence-corrected chi connectivity index (χ0v) is 8.51. The number of fused-ring (bicyclic) bond motifs is 1. The normalized spacial score (nSPS) is 17.2. The lowest BCUT2D eigenvalue weighted by Gasteiger charge is -2.23. The molecule has 0 saturated heterocycles. The van der Waals surface area contributed by atoms with Crippen LogP contribution in [0.3, 0.4) is 0 Å². The van der Waals surface area contributed by atoms with Crippen LogP contribution < -0.4 is 0 Å². The number of hydrogen-bond donors (Lipinski definition) is 1. The van der Waals surface area contributed by atoms with Crippen LogP contribution in [0.2, 0.25) is 5.02 Å². The Hall–Kier alpha value is -1.02. The van der Waals surface area contributed by atoms with Gasteiger partial charge in [0.05, 0.1) is 5.02 Å². The van der Waals surface area contributed by atoms with Gasteiger partial charge in [0.15, 0.2) is 0 Å². The summed E-state index contributed by atoms with van der Waals surface area (Å²) in [5.74, 6) is 0.709. The summed E-state index contributed by atoms with van der Waals surface area (Å²) in [7, 11) is 0. The van der Waals surface area contributed by atoms with Crippen LogP contribution in [0.5, 0.6) is 0 Å². The maximum absolute atomic E-state index is 6.08. The number of H-pyrrole nitrogens is 1. The molecule has 1 saturated carbocycles. The molecule has 0 amide bonds. The van der Waals surface area contributed by atoms with E-state index in [0.29, 0.717) is 5.92 Å². The van der Waals surface area contributed by atoms with Gasteiger partial charge in [-0.2, -0.15) is 0 Å². The van der Waals surface area contributed by atoms with Gasteiger partial charge in [0.25, 0.3) is 0 Å². The van der Waals surface area contributed by atoms with E-state index in [1.54, 1.807) is 6.20 Å². The third kappa shape index (κ3) is 1.14. The van der Waals surface area contributed by atoms with E-state index in [1.165, 1.54) is 25.0 Å². The second kappa shape index (κ2) is 2.99. The zero-order chi connectivity index (χ0) is 9.54. The monoisotopic (exact) mass is 206 g/mol. The number of hydrogen-bond acceptors (Lipinski definition) is 1. The lowest BCUT2D eigenvalue weighted by atomic mass is 9.83. The number of aromatic amines is 1. The van der Waals surface area contributed by atoms with Crippen molar-refractivity contribution in [1.29, 1.82) is 0 Å². The minimum atomic E-state index is 0.709. The summed E-state index contributed by atoms with van der Waals surface area (Å²) in [6.45, 7) is 0. The van der Waals surface area contributed by atoms with Crippen molar-refractivity contribution in [2.75, 3.05) is 0 Å². The van der Waals surface area contributed by atoms with Crippen LogP contribution in [0, 0.1) is 0 Å². The topological polar surface area (TPSA) is 28.7 Å². The Morgan fingerprint density at radius 1 is 1.43 bits per heavy atom. The summed E-state index contributed by atoms with van der Waals surface area (Å²) in [6, 6.07) is 3.98. The van der Waals surface area contributed by atoms with Crippen LogP contribution in [-0.4, -0.2) is 9.97 Å². The highest BCUT2D eigenvalue weighted by atomic mass is 35.5. The van der Waals surface area contributed by atoms with Crippen LogP contribution in [-0.2, 0) is 0 Å². The van der Waals surface area contributed by atoms with E-state index >= 15 is 0 Å². The van der Waals surface area contributed by atoms with Crippen molar-refractivity contribution < 1.29 is 0 Å². The third-order valence-corrected chi connectivity index (χ3v) is 3.37. The molecule has 1 aliphatic rings. The summed E-state index contributed by atoms with van der Waals surface area (Å²) >= 11 is 6.08. The first-order valence-corrected chi connectivity index (χ1v) is 5.35. The number of aromatic nitrogens is 2. The van der Waals surface area contributed by atoms with Crippen LogP contribution in [0.4, 0.5) is 0 Å². The first-order chi connectivity index (χ1) is 6.84. The first-order valence-electron chi connectivity index (χ1n) is 4.98. The largest absolute Gasteiger partial charge is 0.343 e. The minimum Gasteiger partial charge on any atom is -0.343 e. The third-order valence-electron chi connectivity index (χ3n) is 3.04. The van der Waals surface area contributed by atoms with Gasteiger partial charge < -0.3 is 4.98 Å². The molecule has 0 unspecified atom stereocenters. The van der Waals surface area contributed by atoms with Gasteiger partial charge in [0, 0.05) is 17.3 Å². The van der Waals surface area contributed by atoms with Gasteiger partial charge in [-0.3, -0.25) is 0 Å². The average molecular weight is 207 g/mol. The number of nitrogens with zero attached hydrogens (tertiary/aromatic N) is 1. The van der Waals surface area contributed by atoms with Crippen molar-refractivity contribution in [1.82, 2.24) is 9.97 Å². The molecule has 0 aromatic carbocycles. The molecule has 2 aromatic heterocycles. The van der Waals surface area contributed by atoms with Crippen LogP contribution in [0.1, 0.15) is 30.9 Å². The minimum absolute atomic E-state index is 0.709. The predicted molar refractivity (Wildman–Crippen MR) is 57.7 cm³/mol. The predicted octanol–water partition coefficient (Wildman–Crippen LogP) is 3.48. The van der Waals surface area contributed by atoms with Crippen molar-refractivity contribution in [3.05, 3.63) is 29.0 Å². The maximum Gasteiger partial charge on any atom is 0.138 e. The molecule has 0 aliphatic heterocycles. The lowest BCUT2D eigenvalue weighted by molar-refractivity contribution is 0.413. The molecule has 14 heavy (non-hydrogen) atoms. The smallest absolute Gasteiger partial charge is 0.138 e. The van der Waals surface area contributed by atoms with E-state index < -0.39 is 0 Å². The van der Waals surface area contributed by atoms with Crippen molar-refractivity contribution in [3.63, 3.8) is 0 Å². The molecule has 2 nitrogen and oxygen atoms in total. The average Bonchev–Trinajstić information content (AvgIpc) is 2.46. The quantitative estimate of drug-likeness (QED) is 0.761. The highest BCUT2D eigenvalue weighted by Gasteiger charge is 2.21. The standard InChI is InChI=1S/C11H11ClN2/c12-9-4-5-13-11-8(9)6-10(14-11)7-2-1-3-7/h4-7H,1-3H2,(H,13,14). The second-order valence-corrected chi connectivity index (χ2v) is 4.31. The fraction of sp³-hybridized carbons (Fsp3) is 0.364. The van der Waals surface area contributed by atoms with Crippen molar-refractivity contribution in [2.45, 2.75) is 25.2 Å². The van der Waals surface area contributed by atoms with Crippen LogP contribution >= 0.6 is 11.6 Å². The molecule has 0 atom stereocenters. The van der Waals surface area contributed by atoms with Crippen LogP contribution in [0.15, 0.2) is 18.3 Å². The summed E-state index contributed by atoms with van der Waals surface area (Å²) in [5.41, 5.74) is 2.21. The van der Waals surface area contributed by atoms with Gasteiger partial charge in [0.2, 0.25) is 0 Å². The number of pyridine rings is 1. The number of nitrogens with one attached hydrogen (secondary N) is 1. The molecule has 0 spiro atoms. The van der Waals surface area contributed by atoms with Gasteiger partial charge in [-0.15, -0.1) is 0 Å². The van der Waals surface area contributed by atoms with E-state index in [4.69, 9.17) is 11.6 Å². The molecule has 2 heterocycles. The molecule has 1 aliphatic carbocycles. The Morgan fingerprint density at radius 3 is 2.93 bits per heavy atom. The highest BCUT2D eigenvalue weighted by Crippen LogP contribution is 2.37. The summed E-state index contributed by atoms with van der Waals surface area (Å²) in [4.78, 5) is 7.61. The van der Waals surface area contributed by atoms with E-state index in [0.717, 1.165) is 16.1 Å². The van der Waals surface area contributed by atoms with Gasteiger partial charge in [-0.25, -0.2) is 4.98 Å². The summed E-state index contributed by atoms with van der Waals surface area (Å²) in [6.07, 6.45) is 5.68. The van der Waals surface area contributed by atoms with Crippen LogP contribution in [0.25, 0.3) is 11.0 Å². The zero-order valence-electron chi connectivity index (χ0n) is 7.76. The highest BCUT2D eigenvalue weighted by molar-refractivity contribution is 6.35. The molecule has 3 heteroatoms. The lowest BCUT2D eigenvalue weighted by Crippen LogP contribution is -2.08. The van der Waals surface area contributed by atoms with Crippen molar-refractivity contribution >= 4 is 22.6 Å². The molecule has 1 N–H and O–H groups in total. The Kier molecular flexibility index (Phi) is 1.77. The van der Waals surface area contributed by atoms with E-state index in [2.05, 4.69) is 16.0 Å². The molecule has 0 bridgehead atoms. The Morgan fingerprint density at radius 2 is 2.29 bits per heavy atom. The molecule has 3 rings (SSSR count). The Balaban J connectivity index is 2.15. The molecule has 2 aromatic rings. The Bertz CT molecular complexity index is 471. The molecular weight excluding hydrogens is 196 g/mol. The van der Waals surface area contributed by atoms with Gasteiger partial charge in [-0.1, -0.05) is 18.0 Å². The Labute approximate surface area is 87.3 Å². The summed E-state index contributed by atoms with van der Waals surface area (Å²) < 4.78 is 0. The fourth-order valence-electron chi connectivity index (χ4n) is 1.95. The van der Waals surface area contributed by atoms with E-state index in [9.17, 15) is 0 Å². The van der Waals surface area contributed by atoms with Gasteiger partial charge in [0.1, 0.15) is 5.65 Å². The number of halogens is 1. The van der Waals surface area contributed by atoms with E-state index in [1.807, 2.05) is 6.07 Å². The first kappa shape index (κ1) is 8.30. The second-order valence-electron chi connectivity index (χ2n) is 3.91. The maximum atomic E-state index is 6.08. The SMILES string of the molecule is Clc1ccnc2[nH]c(C3CCC3)cc12. The fourth-order valence-corrected chi connectivity index (χ4v) is 2.15. The van der Waals surface area contributed by atoms with Gasteiger partial charge in [-0.05, 0) is 30.9 Å². The molecule has 1 fully saturated rings. The van der Waals surface area contributed by atoms with Gasteiger partial charge >= 0.3 is 0 Å². The molecule has 0 radical (unpaired) electrons. The van der Waals surface area contributed by atoms with E-state index in [-0.39, 0.29) is 0 Å².